The molecule has 0 saturated carbocycles. The summed E-state index contributed by atoms with van der Waals surface area (Å²) < 4.78 is 0. The molecule has 0 aromatic heterocycles. The minimum atomic E-state index is 1.37. The molecule has 0 atom stereocenters. The lowest BCUT2D eigenvalue weighted by Gasteiger charge is -2.11. The predicted octanol–water partition coefficient (Wildman–Crippen LogP) is 2.56. The summed E-state index contributed by atoms with van der Waals surface area (Å²) in [6.45, 7) is 2.21. The zero-order valence-electron chi connectivity index (χ0n) is 9.62. The van der Waals surface area contributed by atoms with E-state index in [0.29, 0.717) is 0 Å². The van der Waals surface area contributed by atoms with Crippen molar-refractivity contribution in [1.82, 2.24) is 0 Å². The Labute approximate surface area is 96.3 Å². The van der Waals surface area contributed by atoms with Crippen molar-refractivity contribution in [3.05, 3.63) is 54.1 Å². The first kappa shape index (κ1) is 9.47. The van der Waals surface area contributed by atoms with E-state index in [0.717, 1.165) is 0 Å². The van der Waals surface area contributed by atoms with Gasteiger partial charge >= 0.3 is 0 Å². The number of hydrogen-bond acceptors (Lipinski definition) is 0. The predicted molar refractivity (Wildman–Crippen MR) is 74.4 cm³/mol. The lowest BCUT2D eigenvalue weighted by atomic mass is 9.83. The molecule has 0 fully saturated rings. The van der Waals surface area contributed by atoms with Gasteiger partial charge in [0, 0.05) is 0 Å². The van der Waals surface area contributed by atoms with E-state index in [1.54, 1.807) is 0 Å². The third kappa shape index (κ3) is 1.18. The Morgan fingerprint density at radius 3 is 1.50 bits per heavy atom. The molecule has 0 nitrogen and oxygen atoms in total. The van der Waals surface area contributed by atoms with Gasteiger partial charge in [-0.3, -0.25) is 0 Å². The minimum Gasteiger partial charge on any atom is -0.0736 e. The Kier molecular flexibility index (Phi) is 2.00. The van der Waals surface area contributed by atoms with Crippen molar-refractivity contribution in [3.8, 4) is 0 Å². The van der Waals surface area contributed by atoms with Crippen LogP contribution in [0.4, 0.5) is 0 Å². The standard InChI is InChI=1S/C15H13B/c1-10-11-6-2-4-8-13(11)15(16)14-9-5-3-7-12(10)14/h2-9H,16H2,1H3. The molecule has 0 bridgehead atoms. The van der Waals surface area contributed by atoms with Gasteiger partial charge in [0.1, 0.15) is 7.85 Å². The molecule has 0 heterocycles. The molecule has 76 valence electrons. The summed E-state index contributed by atoms with van der Waals surface area (Å²) in [7, 11) is 2.21. The quantitative estimate of drug-likeness (QED) is 0.390. The van der Waals surface area contributed by atoms with Crippen LogP contribution in [0.25, 0.3) is 21.5 Å². The van der Waals surface area contributed by atoms with Crippen LogP contribution in [0.5, 0.6) is 0 Å². The van der Waals surface area contributed by atoms with Gasteiger partial charge in [-0.2, -0.15) is 0 Å². The van der Waals surface area contributed by atoms with Crippen LogP contribution in [0.2, 0.25) is 0 Å². The van der Waals surface area contributed by atoms with E-state index in [1.807, 2.05) is 0 Å². The molecule has 0 N–H and O–H groups in total. The molecule has 0 aliphatic carbocycles. The van der Waals surface area contributed by atoms with Gasteiger partial charge in [-0.25, -0.2) is 0 Å². The summed E-state index contributed by atoms with van der Waals surface area (Å²) in [5.74, 6) is 0. The first-order valence-electron chi connectivity index (χ1n) is 5.65. The molecule has 0 unspecified atom stereocenters. The minimum absolute atomic E-state index is 1.37. The highest BCUT2D eigenvalue weighted by Crippen LogP contribution is 2.25. The zero-order chi connectivity index (χ0) is 11.1. The largest absolute Gasteiger partial charge is 0.140 e. The highest BCUT2D eigenvalue weighted by molar-refractivity contribution is 6.45. The van der Waals surface area contributed by atoms with E-state index in [1.165, 1.54) is 32.6 Å². The van der Waals surface area contributed by atoms with Crippen LogP contribution in [0.3, 0.4) is 0 Å². The van der Waals surface area contributed by atoms with Crippen LogP contribution in [0.15, 0.2) is 48.5 Å². The fourth-order valence-corrected chi connectivity index (χ4v) is 2.56. The molecule has 0 spiro atoms. The molecule has 0 saturated heterocycles. The molecule has 3 aromatic carbocycles. The van der Waals surface area contributed by atoms with Crippen LogP contribution in [-0.4, -0.2) is 7.85 Å². The highest BCUT2D eigenvalue weighted by Gasteiger charge is 2.06. The summed E-state index contributed by atoms with van der Waals surface area (Å²) >= 11 is 0. The first-order valence-corrected chi connectivity index (χ1v) is 5.65. The van der Waals surface area contributed by atoms with Crippen LogP contribution < -0.4 is 5.46 Å². The average molecular weight is 204 g/mol. The maximum Gasteiger partial charge on any atom is 0.140 e. The topological polar surface area (TPSA) is 0 Å². The molecule has 0 amide bonds. The molecule has 3 aromatic rings. The number of fused-ring (bicyclic) bond motifs is 2. The lowest BCUT2D eigenvalue weighted by molar-refractivity contribution is 1.59. The van der Waals surface area contributed by atoms with E-state index in [9.17, 15) is 0 Å². The van der Waals surface area contributed by atoms with E-state index in [-0.39, 0.29) is 0 Å². The van der Waals surface area contributed by atoms with Crippen molar-refractivity contribution in [2.75, 3.05) is 0 Å². The third-order valence-corrected chi connectivity index (χ3v) is 3.47. The van der Waals surface area contributed by atoms with Crippen LogP contribution in [0, 0.1) is 6.92 Å². The Bertz CT molecular complexity index is 566. The summed E-state index contributed by atoms with van der Waals surface area (Å²) in [6, 6.07) is 17.3. The number of rotatable bonds is 0. The van der Waals surface area contributed by atoms with Gasteiger partial charge in [-0.1, -0.05) is 54.0 Å². The van der Waals surface area contributed by atoms with Crippen molar-refractivity contribution in [2.24, 2.45) is 0 Å². The van der Waals surface area contributed by atoms with Gasteiger partial charge in [0.05, 0.1) is 0 Å². The molecular weight excluding hydrogens is 191 g/mol. The van der Waals surface area contributed by atoms with Crippen molar-refractivity contribution in [2.45, 2.75) is 6.92 Å². The summed E-state index contributed by atoms with van der Waals surface area (Å²) in [5.41, 5.74) is 2.77. The van der Waals surface area contributed by atoms with Gasteiger partial charge < -0.3 is 0 Å². The zero-order valence-corrected chi connectivity index (χ0v) is 9.62. The molecular formula is C15H13B. The lowest BCUT2D eigenvalue weighted by Crippen LogP contribution is -2.07. The van der Waals surface area contributed by atoms with E-state index in [4.69, 9.17) is 0 Å². The molecule has 0 radical (unpaired) electrons. The molecule has 3 rings (SSSR count). The first-order chi connectivity index (χ1) is 7.79. The second-order valence-corrected chi connectivity index (χ2v) is 4.34. The van der Waals surface area contributed by atoms with Crippen LogP contribution in [-0.2, 0) is 0 Å². The molecule has 1 heteroatoms. The van der Waals surface area contributed by atoms with Gasteiger partial charge in [0.2, 0.25) is 0 Å². The summed E-state index contributed by atoms with van der Waals surface area (Å²) in [5, 5.41) is 5.50. The van der Waals surface area contributed by atoms with Gasteiger partial charge in [-0.15, -0.1) is 0 Å². The van der Waals surface area contributed by atoms with Crippen molar-refractivity contribution in [1.29, 1.82) is 0 Å². The maximum atomic E-state index is 2.21. The van der Waals surface area contributed by atoms with Gasteiger partial charge in [-0.05, 0) is 34.0 Å². The normalized spacial score (nSPS) is 11.1. The fourth-order valence-electron chi connectivity index (χ4n) is 2.56. The van der Waals surface area contributed by atoms with E-state index < -0.39 is 0 Å². The molecule has 0 aliphatic rings. The Morgan fingerprint density at radius 1 is 0.688 bits per heavy atom. The highest BCUT2D eigenvalue weighted by atomic mass is 14.1. The monoisotopic (exact) mass is 204 g/mol. The van der Waals surface area contributed by atoms with Gasteiger partial charge in [0.15, 0.2) is 0 Å². The van der Waals surface area contributed by atoms with Crippen molar-refractivity contribution in [3.63, 3.8) is 0 Å². The Morgan fingerprint density at radius 2 is 1.06 bits per heavy atom. The second-order valence-electron chi connectivity index (χ2n) is 4.34. The van der Waals surface area contributed by atoms with Crippen molar-refractivity contribution >= 4 is 34.9 Å². The van der Waals surface area contributed by atoms with Crippen molar-refractivity contribution < 1.29 is 0 Å². The SMILES string of the molecule is Bc1c2ccccc2c(C)c2ccccc12. The number of benzene rings is 3. The Hall–Kier alpha value is -1.76. The summed E-state index contributed by atoms with van der Waals surface area (Å²) in [4.78, 5) is 0. The fraction of sp³-hybridized carbons (Fsp3) is 0.0667. The second kappa shape index (κ2) is 3.38. The number of hydrogen-bond donors (Lipinski definition) is 0. The van der Waals surface area contributed by atoms with Gasteiger partial charge in [0.25, 0.3) is 0 Å². The van der Waals surface area contributed by atoms with E-state index in [2.05, 4.69) is 63.3 Å². The molecule has 0 aliphatic heterocycles. The van der Waals surface area contributed by atoms with Crippen LogP contribution in [0.1, 0.15) is 5.56 Å². The third-order valence-electron chi connectivity index (χ3n) is 3.47. The Balaban J connectivity index is 2.67. The average Bonchev–Trinajstić information content (AvgIpc) is 2.36. The van der Waals surface area contributed by atoms with Crippen LogP contribution >= 0.6 is 0 Å². The van der Waals surface area contributed by atoms with E-state index >= 15 is 0 Å². The smallest absolute Gasteiger partial charge is 0.0736 e. The number of aryl methyl sites for hydroxylation is 1. The summed E-state index contributed by atoms with van der Waals surface area (Å²) in [6.07, 6.45) is 0. The molecule has 16 heavy (non-hydrogen) atoms. The maximum absolute atomic E-state index is 2.21.